The lowest BCUT2D eigenvalue weighted by Crippen LogP contribution is -2.55. The highest BCUT2D eigenvalue weighted by atomic mass is 35.5. The summed E-state index contributed by atoms with van der Waals surface area (Å²) in [6.45, 7) is 7.85. The van der Waals surface area contributed by atoms with Gasteiger partial charge in [0, 0.05) is 41.6 Å². The molecule has 0 saturated carbocycles. The van der Waals surface area contributed by atoms with Crippen LogP contribution in [-0.4, -0.2) is 46.5 Å². The molecule has 1 aromatic heterocycles. The van der Waals surface area contributed by atoms with Crippen LogP contribution in [0.1, 0.15) is 19.8 Å². The maximum atomic E-state index is 12.3. The van der Waals surface area contributed by atoms with Crippen LogP contribution < -0.4 is 4.90 Å². The second-order valence-electron chi connectivity index (χ2n) is 7.68. The Hall–Kier alpha value is -2.63. The summed E-state index contributed by atoms with van der Waals surface area (Å²) < 4.78 is 0. The van der Waals surface area contributed by atoms with E-state index >= 15 is 0 Å². The van der Waals surface area contributed by atoms with Crippen molar-refractivity contribution in [3.63, 3.8) is 0 Å². The van der Waals surface area contributed by atoms with E-state index < -0.39 is 0 Å². The highest BCUT2D eigenvalue weighted by Gasteiger charge is 2.30. The van der Waals surface area contributed by atoms with Crippen LogP contribution in [-0.2, 0) is 4.79 Å². The number of rotatable bonds is 5. The average Bonchev–Trinajstić information content (AvgIpc) is 2.78. The van der Waals surface area contributed by atoms with Gasteiger partial charge < -0.3 is 9.80 Å². The van der Waals surface area contributed by atoms with Gasteiger partial charge in [-0.2, -0.15) is 0 Å². The minimum atomic E-state index is -0.0116. The van der Waals surface area contributed by atoms with Gasteiger partial charge in [0.05, 0.1) is 10.5 Å². The van der Waals surface area contributed by atoms with Crippen molar-refractivity contribution in [1.82, 2.24) is 14.9 Å². The Balaban J connectivity index is 1.74. The topological polar surface area (TPSA) is 49.3 Å². The van der Waals surface area contributed by atoms with Gasteiger partial charge in [-0.15, -0.1) is 0 Å². The first-order valence-corrected chi connectivity index (χ1v) is 11.2. The molecule has 0 bridgehead atoms. The number of carbonyl (C=O) groups excluding carboxylic acids is 1. The molecule has 1 saturated heterocycles. The number of anilines is 1. The van der Waals surface area contributed by atoms with Crippen LogP contribution in [0.4, 0.5) is 5.82 Å². The lowest BCUT2D eigenvalue weighted by Gasteiger charge is -2.42. The molecule has 2 aromatic carbocycles. The SMILES string of the molecule is C=CC(=O)N1CCN(c2ncnc3cc(Cl)c(-c4ccc(Cl)cc4)cc23)CC1CCC. The first kappa shape index (κ1) is 21.6. The molecule has 2 heterocycles. The van der Waals surface area contributed by atoms with Crippen LogP contribution in [0, 0.1) is 0 Å². The molecule has 1 aliphatic heterocycles. The predicted molar refractivity (Wildman–Crippen MR) is 128 cm³/mol. The molecule has 31 heavy (non-hydrogen) atoms. The Kier molecular flexibility index (Phi) is 6.44. The standard InChI is InChI=1S/C24H24Cl2N4O/c1-3-5-18-14-29(10-11-30(18)23(31)4-2)24-20-12-19(16-6-8-17(25)9-7-16)21(26)13-22(20)27-15-28-24/h4,6-9,12-13,15,18H,2-3,5,10-11,14H2,1H3. The molecule has 1 fully saturated rings. The first-order valence-electron chi connectivity index (χ1n) is 10.4. The van der Waals surface area contributed by atoms with Crippen molar-refractivity contribution in [3.8, 4) is 11.1 Å². The van der Waals surface area contributed by atoms with Crippen molar-refractivity contribution in [2.45, 2.75) is 25.8 Å². The van der Waals surface area contributed by atoms with E-state index in [9.17, 15) is 4.79 Å². The third-order valence-corrected chi connectivity index (χ3v) is 6.28. The Labute approximate surface area is 192 Å². The Morgan fingerprint density at radius 3 is 2.68 bits per heavy atom. The molecule has 0 radical (unpaired) electrons. The monoisotopic (exact) mass is 454 g/mol. The van der Waals surface area contributed by atoms with Gasteiger partial charge in [0.15, 0.2) is 0 Å². The second-order valence-corrected chi connectivity index (χ2v) is 8.52. The molecular formula is C24H24Cl2N4O. The summed E-state index contributed by atoms with van der Waals surface area (Å²) in [5.41, 5.74) is 2.69. The van der Waals surface area contributed by atoms with Crippen LogP contribution in [0.15, 0.2) is 55.4 Å². The van der Waals surface area contributed by atoms with E-state index in [2.05, 4.69) is 28.4 Å². The second kappa shape index (κ2) is 9.25. The van der Waals surface area contributed by atoms with E-state index in [0.29, 0.717) is 23.1 Å². The number of halogens is 2. The van der Waals surface area contributed by atoms with E-state index in [0.717, 1.165) is 47.2 Å². The number of nitrogens with zero attached hydrogens (tertiary/aromatic N) is 4. The molecule has 4 rings (SSSR count). The van der Waals surface area contributed by atoms with Crippen molar-refractivity contribution in [2.24, 2.45) is 0 Å². The third kappa shape index (κ3) is 4.39. The van der Waals surface area contributed by atoms with E-state index in [1.807, 2.05) is 41.3 Å². The first-order chi connectivity index (χ1) is 15.0. The van der Waals surface area contributed by atoms with Crippen LogP contribution >= 0.6 is 23.2 Å². The summed E-state index contributed by atoms with van der Waals surface area (Å²) in [5.74, 6) is 0.853. The minimum Gasteiger partial charge on any atom is -0.352 e. The summed E-state index contributed by atoms with van der Waals surface area (Å²) in [4.78, 5) is 25.5. The highest BCUT2D eigenvalue weighted by molar-refractivity contribution is 6.34. The van der Waals surface area contributed by atoms with E-state index in [1.165, 1.54) is 6.08 Å². The van der Waals surface area contributed by atoms with Crippen LogP contribution in [0.3, 0.4) is 0 Å². The predicted octanol–water partition coefficient (Wildman–Crippen LogP) is 5.61. The van der Waals surface area contributed by atoms with Crippen molar-refractivity contribution < 1.29 is 4.79 Å². The Morgan fingerprint density at radius 1 is 1.19 bits per heavy atom. The van der Waals surface area contributed by atoms with Gasteiger partial charge in [0.2, 0.25) is 5.91 Å². The Bertz CT molecular complexity index is 1120. The molecule has 0 aliphatic carbocycles. The lowest BCUT2D eigenvalue weighted by atomic mass is 10.0. The molecular weight excluding hydrogens is 431 g/mol. The fourth-order valence-corrected chi connectivity index (χ4v) is 4.60. The number of fused-ring (bicyclic) bond motifs is 1. The van der Waals surface area contributed by atoms with Gasteiger partial charge in [0.1, 0.15) is 12.1 Å². The van der Waals surface area contributed by atoms with Crippen molar-refractivity contribution in [1.29, 1.82) is 0 Å². The maximum absolute atomic E-state index is 12.3. The number of hydrogen-bond donors (Lipinski definition) is 0. The quantitative estimate of drug-likeness (QED) is 0.470. The number of benzene rings is 2. The fraction of sp³-hybridized carbons (Fsp3) is 0.292. The van der Waals surface area contributed by atoms with Crippen molar-refractivity contribution in [3.05, 3.63) is 65.4 Å². The molecule has 0 N–H and O–H groups in total. The molecule has 1 aliphatic rings. The summed E-state index contributed by atoms with van der Waals surface area (Å²) in [7, 11) is 0. The number of carbonyl (C=O) groups is 1. The van der Waals surface area contributed by atoms with Crippen molar-refractivity contribution >= 4 is 45.8 Å². The van der Waals surface area contributed by atoms with Crippen molar-refractivity contribution in [2.75, 3.05) is 24.5 Å². The lowest BCUT2D eigenvalue weighted by molar-refractivity contribution is -0.128. The molecule has 1 amide bonds. The summed E-state index contributed by atoms with van der Waals surface area (Å²) >= 11 is 12.6. The molecule has 7 heteroatoms. The zero-order valence-electron chi connectivity index (χ0n) is 17.4. The van der Waals surface area contributed by atoms with Crippen LogP contribution in [0.2, 0.25) is 10.0 Å². The summed E-state index contributed by atoms with van der Waals surface area (Å²) in [5, 5.41) is 2.25. The third-order valence-electron chi connectivity index (χ3n) is 5.72. The van der Waals surface area contributed by atoms with E-state index in [1.54, 1.807) is 6.33 Å². The van der Waals surface area contributed by atoms with Crippen LogP contribution in [0.5, 0.6) is 0 Å². The van der Waals surface area contributed by atoms with Gasteiger partial charge in [-0.1, -0.05) is 55.3 Å². The largest absolute Gasteiger partial charge is 0.352 e. The smallest absolute Gasteiger partial charge is 0.246 e. The molecule has 0 spiro atoms. The minimum absolute atomic E-state index is 0.0116. The number of aromatic nitrogens is 2. The number of hydrogen-bond acceptors (Lipinski definition) is 4. The van der Waals surface area contributed by atoms with E-state index in [4.69, 9.17) is 23.2 Å². The molecule has 1 unspecified atom stereocenters. The summed E-state index contributed by atoms with van der Waals surface area (Å²) in [6, 6.07) is 11.7. The molecule has 3 aromatic rings. The number of piperazine rings is 1. The maximum Gasteiger partial charge on any atom is 0.246 e. The summed E-state index contributed by atoms with van der Waals surface area (Å²) in [6.07, 6.45) is 4.91. The normalized spacial score (nSPS) is 16.5. The zero-order chi connectivity index (χ0) is 22.0. The molecule has 160 valence electrons. The van der Waals surface area contributed by atoms with E-state index in [-0.39, 0.29) is 11.9 Å². The Morgan fingerprint density at radius 2 is 1.97 bits per heavy atom. The molecule has 5 nitrogen and oxygen atoms in total. The fourth-order valence-electron chi connectivity index (χ4n) is 4.20. The zero-order valence-corrected chi connectivity index (χ0v) is 18.9. The van der Waals surface area contributed by atoms with Gasteiger partial charge >= 0.3 is 0 Å². The van der Waals surface area contributed by atoms with Gasteiger partial charge in [-0.05, 0) is 42.3 Å². The van der Waals surface area contributed by atoms with Gasteiger partial charge in [0.25, 0.3) is 0 Å². The molecule has 1 atom stereocenters. The highest BCUT2D eigenvalue weighted by Crippen LogP contribution is 2.35. The average molecular weight is 455 g/mol. The van der Waals surface area contributed by atoms with Gasteiger partial charge in [-0.25, -0.2) is 9.97 Å². The van der Waals surface area contributed by atoms with Gasteiger partial charge in [-0.3, -0.25) is 4.79 Å². The van der Waals surface area contributed by atoms with Crippen LogP contribution in [0.25, 0.3) is 22.0 Å². The number of amides is 1.